The predicted molar refractivity (Wildman–Crippen MR) is 94.8 cm³/mol. The SMILES string of the molecule is Cc1n[nH]c(=O)c(C(=O)NC2CCc3nc(C(C)(C)C)cn3C2)c1C. The molecule has 3 rings (SSSR count). The summed E-state index contributed by atoms with van der Waals surface area (Å²) in [6, 6.07) is -0.0192. The number of rotatable bonds is 2. The highest BCUT2D eigenvalue weighted by atomic mass is 16.2. The molecule has 0 radical (unpaired) electrons. The quantitative estimate of drug-likeness (QED) is 0.867. The largest absolute Gasteiger partial charge is 0.347 e. The lowest BCUT2D eigenvalue weighted by molar-refractivity contribution is 0.0925. The smallest absolute Gasteiger partial charge is 0.277 e. The Bertz CT molecular complexity index is 873. The number of nitrogens with one attached hydrogen (secondary N) is 2. The molecule has 0 saturated carbocycles. The molecule has 1 aliphatic rings. The first-order valence-corrected chi connectivity index (χ1v) is 8.60. The number of amides is 1. The van der Waals surface area contributed by atoms with Crippen LogP contribution in [0.4, 0.5) is 0 Å². The molecule has 0 saturated heterocycles. The van der Waals surface area contributed by atoms with E-state index >= 15 is 0 Å². The second-order valence-electron chi connectivity index (χ2n) is 7.79. The molecule has 0 aromatic carbocycles. The summed E-state index contributed by atoms with van der Waals surface area (Å²) in [7, 11) is 0. The van der Waals surface area contributed by atoms with E-state index in [0.717, 1.165) is 24.4 Å². The minimum atomic E-state index is -0.449. The first-order chi connectivity index (χ1) is 11.7. The zero-order chi connectivity index (χ0) is 18.4. The Morgan fingerprint density at radius 3 is 2.76 bits per heavy atom. The molecule has 7 heteroatoms. The van der Waals surface area contributed by atoms with Gasteiger partial charge in [-0.15, -0.1) is 0 Å². The van der Waals surface area contributed by atoms with Crippen LogP contribution in [0.15, 0.2) is 11.0 Å². The Morgan fingerprint density at radius 2 is 2.08 bits per heavy atom. The fourth-order valence-electron chi connectivity index (χ4n) is 3.08. The van der Waals surface area contributed by atoms with Gasteiger partial charge < -0.3 is 9.88 Å². The zero-order valence-corrected chi connectivity index (χ0v) is 15.4. The summed E-state index contributed by atoms with van der Waals surface area (Å²) in [5, 5.41) is 9.27. The summed E-state index contributed by atoms with van der Waals surface area (Å²) >= 11 is 0. The van der Waals surface area contributed by atoms with Crippen LogP contribution < -0.4 is 10.9 Å². The maximum absolute atomic E-state index is 12.6. The lowest BCUT2D eigenvalue weighted by Gasteiger charge is -2.24. The van der Waals surface area contributed by atoms with E-state index in [2.05, 4.69) is 47.0 Å². The lowest BCUT2D eigenvalue weighted by atomic mass is 9.93. The highest BCUT2D eigenvalue weighted by molar-refractivity contribution is 5.95. The van der Waals surface area contributed by atoms with Crippen molar-refractivity contribution < 1.29 is 4.79 Å². The number of fused-ring (bicyclic) bond motifs is 1. The molecular weight excluding hydrogens is 318 g/mol. The summed E-state index contributed by atoms with van der Waals surface area (Å²) in [6.07, 6.45) is 3.70. The van der Waals surface area contributed by atoms with Crippen LogP contribution in [0.1, 0.15) is 60.3 Å². The second-order valence-corrected chi connectivity index (χ2v) is 7.79. The highest BCUT2D eigenvalue weighted by Gasteiger charge is 2.26. The van der Waals surface area contributed by atoms with E-state index in [0.29, 0.717) is 17.8 Å². The normalized spacial score (nSPS) is 17.2. The van der Waals surface area contributed by atoms with Crippen LogP contribution in [0.2, 0.25) is 0 Å². The third-order valence-corrected chi connectivity index (χ3v) is 4.79. The average molecular weight is 343 g/mol. The number of aromatic amines is 1. The molecule has 134 valence electrons. The number of nitrogens with zero attached hydrogens (tertiary/aromatic N) is 3. The van der Waals surface area contributed by atoms with Crippen molar-refractivity contribution in [3.8, 4) is 0 Å². The Balaban J connectivity index is 1.78. The Labute approximate surface area is 146 Å². The van der Waals surface area contributed by atoms with Crippen molar-refractivity contribution in [3.63, 3.8) is 0 Å². The summed E-state index contributed by atoms with van der Waals surface area (Å²) < 4.78 is 2.11. The zero-order valence-electron chi connectivity index (χ0n) is 15.4. The minimum absolute atomic E-state index is 0.00204. The van der Waals surface area contributed by atoms with Gasteiger partial charge in [-0.05, 0) is 25.8 Å². The molecule has 2 aromatic rings. The molecule has 7 nitrogen and oxygen atoms in total. The van der Waals surface area contributed by atoms with Gasteiger partial charge in [0.05, 0.1) is 11.4 Å². The number of aromatic nitrogens is 4. The van der Waals surface area contributed by atoms with Crippen molar-refractivity contribution in [2.45, 2.75) is 65.5 Å². The van der Waals surface area contributed by atoms with Gasteiger partial charge in [-0.2, -0.15) is 5.10 Å². The number of H-pyrrole nitrogens is 1. The monoisotopic (exact) mass is 343 g/mol. The number of hydrogen-bond donors (Lipinski definition) is 2. The molecule has 0 aliphatic carbocycles. The van der Waals surface area contributed by atoms with Crippen LogP contribution >= 0.6 is 0 Å². The molecule has 1 atom stereocenters. The fourth-order valence-corrected chi connectivity index (χ4v) is 3.08. The average Bonchev–Trinajstić information content (AvgIpc) is 2.95. The molecule has 1 unspecified atom stereocenters. The maximum Gasteiger partial charge on any atom is 0.277 e. The number of hydrogen-bond acceptors (Lipinski definition) is 4. The van der Waals surface area contributed by atoms with Gasteiger partial charge in [0.2, 0.25) is 0 Å². The molecule has 0 spiro atoms. The molecule has 0 bridgehead atoms. The van der Waals surface area contributed by atoms with Crippen LogP contribution in [-0.4, -0.2) is 31.7 Å². The number of aryl methyl sites for hydroxylation is 2. The molecule has 1 aliphatic heterocycles. The Morgan fingerprint density at radius 1 is 1.36 bits per heavy atom. The Kier molecular flexibility index (Phi) is 4.26. The molecule has 2 aromatic heterocycles. The minimum Gasteiger partial charge on any atom is -0.347 e. The Hall–Kier alpha value is -2.44. The van der Waals surface area contributed by atoms with E-state index in [9.17, 15) is 9.59 Å². The van der Waals surface area contributed by atoms with Crippen molar-refractivity contribution in [1.29, 1.82) is 0 Å². The van der Waals surface area contributed by atoms with Crippen LogP contribution in [0.25, 0.3) is 0 Å². The predicted octanol–water partition coefficient (Wildman–Crippen LogP) is 1.63. The summed E-state index contributed by atoms with van der Waals surface area (Å²) in [4.78, 5) is 29.3. The van der Waals surface area contributed by atoms with Gasteiger partial charge in [-0.3, -0.25) is 9.59 Å². The first kappa shape index (κ1) is 17.4. The van der Waals surface area contributed by atoms with E-state index in [-0.39, 0.29) is 22.9 Å². The third-order valence-electron chi connectivity index (χ3n) is 4.79. The van der Waals surface area contributed by atoms with Gasteiger partial charge in [-0.25, -0.2) is 10.1 Å². The third kappa shape index (κ3) is 3.36. The van der Waals surface area contributed by atoms with E-state index in [4.69, 9.17) is 4.98 Å². The highest BCUT2D eigenvalue weighted by Crippen LogP contribution is 2.24. The number of carbonyl (C=O) groups is 1. The topological polar surface area (TPSA) is 92.7 Å². The van der Waals surface area contributed by atoms with E-state index < -0.39 is 5.56 Å². The van der Waals surface area contributed by atoms with Crippen LogP contribution in [0, 0.1) is 13.8 Å². The standard InChI is InChI=1S/C18H25N5O2/c1-10-11(2)21-22-17(25)15(10)16(24)19-12-6-7-14-20-13(18(3,4)5)9-23(14)8-12/h9,12H,6-8H2,1-5H3,(H,19,24)(H,22,25). The van der Waals surface area contributed by atoms with Crippen LogP contribution in [0.5, 0.6) is 0 Å². The maximum atomic E-state index is 12.6. The lowest BCUT2D eigenvalue weighted by Crippen LogP contribution is -2.43. The number of imidazole rings is 1. The van der Waals surface area contributed by atoms with Crippen molar-refractivity contribution in [2.75, 3.05) is 0 Å². The first-order valence-electron chi connectivity index (χ1n) is 8.60. The van der Waals surface area contributed by atoms with E-state index in [1.807, 2.05) is 0 Å². The molecular formula is C18H25N5O2. The van der Waals surface area contributed by atoms with Crippen LogP contribution in [-0.2, 0) is 18.4 Å². The van der Waals surface area contributed by atoms with Gasteiger partial charge in [0.1, 0.15) is 11.4 Å². The summed E-state index contributed by atoms with van der Waals surface area (Å²) in [5.41, 5.74) is 2.04. The van der Waals surface area contributed by atoms with Gasteiger partial charge in [-0.1, -0.05) is 20.8 Å². The second kappa shape index (κ2) is 6.13. The van der Waals surface area contributed by atoms with Gasteiger partial charge in [0.15, 0.2) is 0 Å². The van der Waals surface area contributed by atoms with Gasteiger partial charge >= 0.3 is 0 Å². The molecule has 0 fully saturated rings. The van der Waals surface area contributed by atoms with Crippen molar-refractivity contribution in [2.24, 2.45) is 0 Å². The summed E-state index contributed by atoms with van der Waals surface area (Å²) in [5.74, 6) is 0.720. The van der Waals surface area contributed by atoms with Crippen molar-refractivity contribution in [3.05, 3.63) is 44.9 Å². The molecule has 25 heavy (non-hydrogen) atoms. The van der Waals surface area contributed by atoms with E-state index in [1.165, 1.54) is 0 Å². The van der Waals surface area contributed by atoms with Crippen molar-refractivity contribution in [1.82, 2.24) is 25.1 Å². The molecule has 2 N–H and O–H groups in total. The van der Waals surface area contributed by atoms with Gasteiger partial charge in [0, 0.05) is 30.6 Å². The number of carbonyl (C=O) groups excluding carboxylic acids is 1. The molecule has 3 heterocycles. The van der Waals surface area contributed by atoms with E-state index in [1.54, 1.807) is 13.8 Å². The van der Waals surface area contributed by atoms with Gasteiger partial charge in [0.25, 0.3) is 11.5 Å². The summed E-state index contributed by atoms with van der Waals surface area (Å²) in [6.45, 7) is 10.6. The van der Waals surface area contributed by atoms with Crippen molar-refractivity contribution >= 4 is 5.91 Å². The van der Waals surface area contributed by atoms with Crippen LogP contribution in [0.3, 0.4) is 0 Å². The fraction of sp³-hybridized carbons (Fsp3) is 0.556. The molecule has 1 amide bonds.